The maximum Gasteiger partial charge on any atom is 0.244 e. The molecule has 1 aromatic heterocycles. The highest BCUT2D eigenvalue weighted by Gasteiger charge is 2.21. The number of aromatic nitrogens is 3. The van der Waals surface area contributed by atoms with Crippen LogP contribution in [0.3, 0.4) is 0 Å². The van der Waals surface area contributed by atoms with Gasteiger partial charge in [0, 0.05) is 32.3 Å². The normalized spacial score (nSPS) is 20.1. The number of carbonyl (C=O) groups excluding carboxylic acids is 1. The number of rotatable bonds is 4. The second-order valence-electron chi connectivity index (χ2n) is 4.97. The smallest absolute Gasteiger partial charge is 0.244 e. The minimum atomic E-state index is 0.0519. The molecule has 6 nitrogen and oxygen atoms in total. The van der Waals surface area contributed by atoms with Gasteiger partial charge in [0.2, 0.25) is 5.91 Å². The number of hydrogen-bond acceptors (Lipinski definition) is 4. The van der Waals surface area contributed by atoms with E-state index in [2.05, 4.69) is 17.2 Å². The predicted octanol–water partition coefficient (Wildman–Crippen LogP) is 0.0714. The van der Waals surface area contributed by atoms with Crippen LogP contribution < -0.4 is 0 Å². The Bertz CT molecular complexity index is 405. The fourth-order valence-electron chi connectivity index (χ4n) is 2.30. The molecular formula is C12H20N4O2. The third-order valence-electron chi connectivity index (χ3n) is 3.26. The lowest BCUT2D eigenvalue weighted by Gasteiger charge is -2.30. The van der Waals surface area contributed by atoms with Crippen molar-refractivity contribution in [3.8, 4) is 0 Å². The zero-order chi connectivity index (χ0) is 13.0. The van der Waals surface area contributed by atoms with E-state index < -0.39 is 0 Å². The number of likely N-dealkylation sites (tertiary alicyclic amines) is 1. The average molecular weight is 252 g/mol. The Hall–Kier alpha value is -1.43. The van der Waals surface area contributed by atoms with Crippen LogP contribution in [0.25, 0.3) is 0 Å². The maximum absolute atomic E-state index is 12.1. The summed E-state index contributed by atoms with van der Waals surface area (Å²) in [6, 6.07) is 0. The standard InChI is InChI=1S/C12H20N4O2/c1-10-3-2-5-15(7-10)12(18)9-16-8-11(4-6-17)13-14-16/h8,10,17H,2-7,9H2,1H3. The summed E-state index contributed by atoms with van der Waals surface area (Å²) in [4.78, 5) is 14.0. The zero-order valence-electron chi connectivity index (χ0n) is 10.7. The molecule has 0 radical (unpaired) electrons. The van der Waals surface area contributed by atoms with E-state index in [1.807, 2.05) is 4.90 Å². The van der Waals surface area contributed by atoms with E-state index in [-0.39, 0.29) is 19.1 Å². The van der Waals surface area contributed by atoms with Gasteiger partial charge in [-0.15, -0.1) is 5.10 Å². The molecule has 0 saturated carbocycles. The van der Waals surface area contributed by atoms with Crippen molar-refractivity contribution in [1.29, 1.82) is 0 Å². The molecule has 100 valence electrons. The summed E-state index contributed by atoms with van der Waals surface area (Å²) in [7, 11) is 0. The van der Waals surface area contributed by atoms with E-state index in [1.165, 1.54) is 6.42 Å². The van der Waals surface area contributed by atoms with Crippen LogP contribution in [0, 0.1) is 5.92 Å². The van der Waals surface area contributed by atoms with Gasteiger partial charge in [0.25, 0.3) is 0 Å². The summed E-state index contributed by atoms with van der Waals surface area (Å²) >= 11 is 0. The van der Waals surface area contributed by atoms with Crippen molar-refractivity contribution in [3.63, 3.8) is 0 Å². The lowest BCUT2D eigenvalue weighted by molar-refractivity contribution is -0.133. The molecule has 1 amide bonds. The second-order valence-corrected chi connectivity index (χ2v) is 4.97. The highest BCUT2D eigenvalue weighted by molar-refractivity contribution is 5.76. The molecule has 1 aliphatic rings. The molecule has 1 aliphatic heterocycles. The first-order valence-electron chi connectivity index (χ1n) is 6.46. The molecule has 2 heterocycles. The number of aliphatic hydroxyl groups is 1. The summed E-state index contributed by atoms with van der Waals surface area (Å²) in [6.07, 6.45) is 4.49. The Morgan fingerprint density at radius 1 is 1.61 bits per heavy atom. The topological polar surface area (TPSA) is 71.2 Å². The molecule has 1 unspecified atom stereocenters. The molecule has 0 spiro atoms. The fraction of sp³-hybridized carbons (Fsp3) is 0.750. The summed E-state index contributed by atoms with van der Waals surface area (Å²) in [5.41, 5.74) is 0.720. The van der Waals surface area contributed by atoms with Gasteiger partial charge in [0.05, 0.1) is 5.69 Å². The van der Waals surface area contributed by atoms with E-state index in [1.54, 1.807) is 10.9 Å². The summed E-state index contributed by atoms with van der Waals surface area (Å²) in [5, 5.41) is 16.6. The molecule has 1 saturated heterocycles. The van der Waals surface area contributed by atoms with Gasteiger partial charge in [-0.2, -0.15) is 0 Å². The van der Waals surface area contributed by atoms with Crippen molar-refractivity contribution in [3.05, 3.63) is 11.9 Å². The molecule has 6 heteroatoms. The zero-order valence-corrected chi connectivity index (χ0v) is 10.7. The lowest BCUT2D eigenvalue weighted by Crippen LogP contribution is -2.40. The third-order valence-corrected chi connectivity index (χ3v) is 3.26. The first-order valence-corrected chi connectivity index (χ1v) is 6.46. The number of aliphatic hydroxyl groups excluding tert-OH is 1. The molecular weight excluding hydrogens is 232 g/mol. The quantitative estimate of drug-likeness (QED) is 0.823. The molecule has 0 aromatic carbocycles. The number of piperidine rings is 1. The molecule has 18 heavy (non-hydrogen) atoms. The van der Waals surface area contributed by atoms with Crippen molar-refractivity contribution >= 4 is 5.91 Å². The molecule has 0 aliphatic carbocycles. The van der Waals surface area contributed by atoms with Gasteiger partial charge < -0.3 is 10.0 Å². The Balaban J connectivity index is 1.89. The highest BCUT2D eigenvalue weighted by Crippen LogP contribution is 2.15. The predicted molar refractivity (Wildman–Crippen MR) is 65.8 cm³/mol. The third kappa shape index (κ3) is 3.29. The number of amides is 1. The molecule has 1 N–H and O–H groups in total. The van der Waals surface area contributed by atoms with E-state index in [0.29, 0.717) is 12.3 Å². The Kier molecular flexibility index (Phi) is 4.30. The summed E-state index contributed by atoms with van der Waals surface area (Å²) in [5.74, 6) is 0.686. The van der Waals surface area contributed by atoms with Crippen LogP contribution in [0.5, 0.6) is 0 Å². The van der Waals surface area contributed by atoms with E-state index in [9.17, 15) is 4.79 Å². The Morgan fingerprint density at radius 3 is 3.17 bits per heavy atom. The van der Waals surface area contributed by atoms with Crippen molar-refractivity contribution in [2.45, 2.75) is 32.7 Å². The van der Waals surface area contributed by atoms with Crippen molar-refractivity contribution < 1.29 is 9.90 Å². The molecule has 0 bridgehead atoms. The lowest BCUT2D eigenvalue weighted by atomic mass is 10.0. The second kappa shape index (κ2) is 5.95. The van der Waals surface area contributed by atoms with Crippen LogP contribution in [0.4, 0.5) is 0 Å². The minimum Gasteiger partial charge on any atom is -0.396 e. The summed E-state index contributed by atoms with van der Waals surface area (Å²) < 4.78 is 1.55. The molecule has 1 aromatic rings. The van der Waals surface area contributed by atoms with Crippen LogP contribution in [-0.4, -0.2) is 50.6 Å². The SMILES string of the molecule is CC1CCCN(C(=O)Cn2cc(CCO)nn2)C1. The van der Waals surface area contributed by atoms with Gasteiger partial charge in [-0.25, -0.2) is 4.68 Å². The van der Waals surface area contributed by atoms with Crippen molar-refractivity contribution in [2.75, 3.05) is 19.7 Å². The van der Waals surface area contributed by atoms with Gasteiger partial charge in [-0.05, 0) is 18.8 Å². The van der Waals surface area contributed by atoms with E-state index >= 15 is 0 Å². The van der Waals surface area contributed by atoms with E-state index in [4.69, 9.17) is 5.11 Å². The minimum absolute atomic E-state index is 0.0519. The largest absolute Gasteiger partial charge is 0.396 e. The number of carbonyl (C=O) groups is 1. The fourth-order valence-corrected chi connectivity index (χ4v) is 2.30. The van der Waals surface area contributed by atoms with Crippen LogP contribution in [0.15, 0.2) is 6.20 Å². The first kappa shape index (κ1) is 13.0. The molecule has 2 rings (SSSR count). The van der Waals surface area contributed by atoms with Gasteiger partial charge in [0.15, 0.2) is 0 Å². The van der Waals surface area contributed by atoms with Crippen LogP contribution in [0.1, 0.15) is 25.5 Å². The number of hydrogen-bond donors (Lipinski definition) is 1. The van der Waals surface area contributed by atoms with Gasteiger partial charge in [0.1, 0.15) is 6.54 Å². The Morgan fingerprint density at radius 2 is 2.44 bits per heavy atom. The van der Waals surface area contributed by atoms with Crippen LogP contribution in [0.2, 0.25) is 0 Å². The van der Waals surface area contributed by atoms with Crippen molar-refractivity contribution in [2.24, 2.45) is 5.92 Å². The van der Waals surface area contributed by atoms with Gasteiger partial charge in [-0.3, -0.25) is 4.79 Å². The maximum atomic E-state index is 12.1. The van der Waals surface area contributed by atoms with Crippen LogP contribution in [-0.2, 0) is 17.8 Å². The highest BCUT2D eigenvalue weighted by atomic mass is 16.3. The first-order chi connectivity index (χ1) is 8.69. The monoisotopic (exact) mass is 252 g/mol. The average Bonchev–Trinajstić information content (AvgIpc) is 2.77. The van der Waals surface area contributed by atoms with E-state index in [0.717, 1.165) is 25.2 Å². The molecule has 1 atom stereocenters. The van der Waals surface area contributed by atoms with Crippen molar-refractivity contribution in [1.82, 2.24) is 19.9 Å². The van der Waals surface area contributed by atoms with Gasteiger partial charge >= 0.3 is 0 Å². The Labute approximate surface area is 107 Å². The number of nitrogens with zero attached hydrogens (tertiary/aromatic N) is 4. The van der Waals surface area contributed by atoms with Crippen LogP contribution >= 0.6 is 0 Å². The van der Waals surface area contributed by atoms with Gasteiger partial charge in [-0.1, -0.05) is 12.1 Å². The molecule has 1 fully saturated rings. The summed E-state index contributed by atoms with van der Waals surface area (Å²) in [6.45, 7) is 4.16.